The predicted octanol–water partition coefficient (Wildman–Crippen LogP) is 6.18. The zero-order valence-electron chi connectivity index (χ0n) is 15.1. The van der Waals surface area contributed by atoms with E-state index in [2.05, 4.69) is 59.9 Å². The maximum absolute atomic E-state index is 5.50. The van der Waals surface area contributed by atoms with Crippen molar-refractivity contribution < 1.29 is 4.74 Å². The minimum Gasteiger partial charge on any atom is -0.497 e. The molecule has 0 aliphatic carbocycles. The molecule has 0 fully saturated rings. The monoisotopic (exact) mass is 382 g/mol. The summed E-state index contributed by atoms with van der Waals surface area (Å²) in [5.74, 6) is 0.891. The van der Waals surface area contributed by atoms with Gasteiger partial charge in [0.15, 0.2) is 0 Å². The fraction of sp³-hybridized carbons (Fsp3) is 0.286. The fourth-order valence-corrected chi connectivity index (χ4v) is 5.81. The standard InChI is InChI=1S/C21H22N2OS2/c1-21(2)19(17-7-6-12-25-17)23-16-10-9-14(24-3)13-15(16)20(21)26-18-8-4-5-11-22-18/h4-13,19-20,23H,1-3H3. The number of rotatable bonds is 4. The molecule has 134 valence electrons. The lowest BCUT2D eigenvalue weighted by atomic mass is 9.74. The summed E-state index contributed by atoms with van der Waals surface area (Å²) < 4.78 is 5.50. The number of anilines is 1. The highest BCUT2D eigenvalue weighted by Crippen LogP contribution is 2.59. The third-order valence-corrected chi connectivity index (χ3v) is 7.48. The van der Waals surface area contributed by atoms with E-state index in [9.17, 15) is 0 Å². The highest BCUT2D eigenvalue weighted by molar-refractivity contribution is 7.99. The molecule has 2 atom stereocenters. The van der Waals surface area contributed by atoms with Gasteiger partial charge in [0.25, 0.3) is 0 Å². The Labute approximate surface area is 162 Å². The molecule has 1 aliphatic heterocycles. The van der Waals surface area contributed by atoms with Gasteiger partial charge in [-0.15, -0.1) is 11.3 Å². The molecular formula is C21H22N2OS2. The number of fused-ring (bicyclic) bond motifs is 1. The molecule has 0 bridgehead atoms. The molecule has 4 rings (SSSR count). The van der Waals surface area contributed by atoms with E-state index >= 15 is 0 Å². The first-order valence-electron chi connectivity index (χ1n) is 8.65. The molecule has 0 spiro atoms. The predicted molar refractivity (Wildman–Crippen MR) is 110 cm³/mol. The van der Waals surface area contributed by atoms with E-state index in [1.54, 1.807) is 7.11 Å². The molecule has 0 saturated carbocycles. The SMILES string of the molecule is COc1ccc2c(c1)C(Sc1ccccn1)C(C)(C)C(c1cccs1)N2. The third-order valence-electron chi connectivity index (χ3n) is 4.96. The molecule has 3 aromatic rings. The third kappa shape index (κ3) is 3.10. The number of methoxy groups -OCH3 is 1. The van der Waals surface area contributed by atoms with Crippen LogP contribution >= 0.6 is 23.1 Å². The largest absolute Gasteiger partial charge is 0.497 e. The van der Waals surface area contributed by atoms with Crippen molar-refractivity contribution in [2.45, 2.75) is 30.2 Å². The van der Waals surface area contributed by atoms with E-state index < -0.39 is 0 Å². The smallest absolute Gasteiger partial charge is 0.119 e. The van der Waals surface area contributed by atoms with Crippen molar-refractivity contribution in [3.63, 3.8) is 0 Å². The van der Waals surface area contributed by atoms with Gasteiger partial charge in [0.05, 0.1) is 18.2 Å². The summed E-state index contributed by atoms with van der Waals surface area (Å²) in [5, 5.41) is 7.24. The van der Waals surface area contributed by atoms with E-state index in [1.165, 1.54) is 16.1 Å². The molecule has 0 radical (unpaired) electrons. The fourth-order valence-electron chi connectivity index (χ4n) is 3.56. The molecule has 1 aliphatic rings. The first-order chi connectivity index (χ1) is 12.6. The number of ether oxygens (including phenoxy) is 1. The Morgan fingerprint density at radius 2 is 2.04 bits per heavy atom. The lowest BCUT2D eigenvalue weighted by Crippen LogP contribution is -2.37. The Kier molecular flexibility index (Phi) is 4.67. The molecule has 0 amide bonds. The molecular weight excluding hydrogens is 360 g/mol. The first-order valence-corrected chi connectivity index (χ1v) is 10.4. The average Bonchev–Trinajstić information content (AvgIpc) is 3.18. The van der Waals surface area contributed by atoms with E-state index in [1.807, 2.05) is 47.5 Å². The van der Waals surface area contributed by atoms with Crippen LogP contribution in [0.3, 0.4) is 0 Å². The summed E-state index contributed by atoms with van der Waals surface area (Å²) in [7, 11) is 1.72. The van der Waals surface area contributed by atoms with Gasteiger partial charge in [0, 0.05) is 27.4 Å². The molecule has 2 aromatic heterocycles. The van der Waals surface area contributed by atoms with E-state index in [0.29, 0.717) is 0 Å². The van der Waals surface area contributed by atoms with Gasteiger partial charge in [-0.05, 0) is 47.3 Å². The highest BCUT2D eigenvalue weighted by atomic mass is 32.2. The summed E-state index contributed by atoms with van der Waals surface area (Å²) in [6, 6.07) is 17.0. The summed E-state index contributed by atoms with van der Waals surface area (Å²) >= 11 is 3.64. The number of benzene rings is 1. The Balaban J connectivity index is 1.82. The topological polar surface area (TPSA) is 34.1 Å². The van der Waals surface area contributed by atoms with Gasteiger partial charge in [0.2, 0.25) is 0 Å². The zero-order chi connectivity index (χ0) is 18.1. The zero-order valence-corrected chi connectivity index (χ0v) is 16.7. The van der Waals surface area contributed by atoms with Crippen LogP contribution in [0.5, 0.6) is 5.75 Å². The van der Waals surface area contributed by atoms with Gasteiger partial charge in [-0.3, -0.25) is 0 Å². The van der Waals surface area contributed by atoms with Crippen molar-refractivity contribution in [2.75, 3.05) is 12.4 Å². The number of thioether (sulfide) groups is 1. The molecule has 3 nitrogen and oxygen atoms in total. The summed E-state index contributed by atoms with van der Waals surface area (Å²) in [6.07, 6.45) is 1.86. The Hall–Kier alpha value is -1.98. The van der Waals surface area contributed by atoms with Crippen molar-refractivity contribution in [1.29, 1.82) is 0 Å². The second-order valence-corrected chi connectivity index (χ2v) is 9.14. The van der Waals surface area contributed by atoms with Crippen LogP contribution in [-0.4, -0.2) is 12.1 Å². The normalized spacial score (nSPS) is 20.9. The van der Waals surface area contributed by atoms with Gasteiger partial charge in [-0.25, -0.2) is 4.98 Å². The van der Waals surface area contributed by atoms with Crippen LogP contribution in [0.1, 0.15) is 35.6 Å². The summed E-state index contributed by atoms with van der Waals surface area (Å²) in [6.45, 7) is 4.68. The van der Waals surface area contributed by atoms with Crippen LogP contribution in [0, 0.1) is 5.41 Å². The molecule has 5 heteroatoms. The lowest BCUT2D eigenvalue weighted by Gasteiger charge is -2.46. The second kappa shape index (κ2) is 6.97. The van der Waals surface area contributed by atoms with Crippen LogP contribution in [0.2, 0.25) is 0 Å². The van der Waals surface area contributed by atoms with Crippen molar-refractivity contribution >= 4 is 28.8 Å². The Morgan fingerprint density at radius 3 is 2.73 bits per heavy atom. The van der Waals surface area contributed by atoms with E-state index in [0.717, 1.165) is 10.8 Å². The van der Waals surface area contributed by atoms with Crippen LogP contribution in [0.15, 0.2) is 65.1 Å². The van der Waals surface area contributed by atoms with Gasteiger partial charge < -0.3 is 10.1 Å². The maximum Gasteiger partial charge on any atom is 0.119 e. The summed E-state index contributed by atoms with van der Waals surface area (Å²) in [4.78, 5) is 5.92. The molecule has 2 unspecified atom stereocenters. The lowest BCUT2D eigenvalue weighted by molar-refractivity contribution is 0.290. The number of nitrogens with zero attached hydrogens (tertiary/aromatic N) is 1. The number of aromatic nitrogens is 1. The molecule has 0 saturated heterocycles. The van der Waals surface area contributed by atoms with Crippen molar-refractivity contribution in [3.8, 4) is 5.75 Å². The molecule has 1 aromatic carbocycles. The second-order valence-electron chi connectivity index (χ2n) is 7.03. The number of nitrogens with one attached hydrogen (secondary N) is 1. The molecule has 3 heterocycles. The average molecular weight is 383 g/mol. The summed E-state index contributed by atoms with van der Waals surface area (Å²) in [5.41, 5.74) is 2.45. The molecule has 1 N–H and O–H groups in total. The van der Waals surface area contributed by atoms with Crippen LogP contribution in [-0.2, 0) is 0 Å². The number of hydrogen-bond acceptors (Lipinski definition) is 5. The van der Waals surface area contributed by atoms with Gasteiger partial charge >= 0.3 is 0 Å². The highest BCUT2D eigenvalue weighted by Gasteiger charge is 2.45. The van der Waals surface area contributed by atoms with E-state index in [4.69, 9.17) is 4.74 Å². The Morgan fingerprint density at radius 1 is 1.15 bits per heavy atom. The number of thiophene rings is 1. The maximum atomic E-state index is 5.50. The quantitative estimate of drug-likeness (QED) is 0.584. The Bertz CT molecular complexity index is 878. The van der Waals surface area contributed by atoms with Crippen LogP contribution < -0.4 is 10.1 Å². The van der Waals surface area contributed by atoms with Crippen molar-refractivity contribution in [3.05, 3.63) is 70.5 Å². The van der Waals surface area contributed by atoms with E-state index in [-0.39, 0.29) is 16.7 Å². The van der Waals surface area contributed by atoms with Crippen molar-refractivity contribution in [1.82, 2.24) is 4.98 Å². The minimum absolute atomic E-state index is 0.00753. The van der Waals surface area contributed by atoms with Gasteiger partial charge in [-0.1, -0.05) is 37.7 Å². The number of hydrogen-bond donors (Lipinski definition) is 1. The van der Waals surface area contributed by atoms with Crippen LogP contribution in [0.25, 0.3) is 0 Å². The van der Waals surface area contributed by atoms with Crippen LogP contribution in [0.4, 0.5) is 5.69 Å². The van der Waals surface area contributed by atoms with Gasteiger partial charge in [-0.2, -0.15) is 0 Å². The first kappa shape index (κ1) is 17.4. The molecule has 26 heavy (non-hydrogen) atoms. The van der Waals surface area contributed by atoms with Crippen molar-refractivity contribution in [2.24, 2.45) is 5.41 Å². The van der Waals surface area contributed by atoms with Gasteiger partial charge in [0.1, 0.15) is 5.75 Å². The minimum atomic E-state index is -0.00753. The number of pyridine rings is 1.